The number of primary amides is 1. The van der Waals surface area contributed by atoms with Crippen LogP contribution in [0, 0.1) is 11.8 Å². The molecule has 3 rings (SSSR count). The molecule has 1 aliphatic carbocycles. The number of aliphatic hydroxyl groups is 5. The van der Waals surface area contributed by atoms with Gasteiger partial charge < -0.3 is 65.6 Å². The van der Waals surface area contributed by atoms with Crippen LogP contribution in [-0.4, -0.2) is 138 Å². The molecule has 2 bridgehead atoms. The largest absolute Gasteiger partial charge is 0.439 e. The van der Waals surface area contributed by atoms with E-state index in [2.05, 4.69) is 10.6 Å². The summed E-state index contributed by atoms with van der Waals surface area (Å²) in [5.74, 6) is -2.76. The molecule has 0 aromatic rings. The van der Waals surface area contributed by atoms with Crippen molar-refractivity contribution in [3.8, 4) is 0 Å². The molecule has 2 heterocycles. The molecule has 0 spiro atoms. The maximum atomic E-state index is 13.9. The molecule has 2 amide bonds. The van der Waals surface area contributed by atoms with Crippen molar-refractivity contribution in [1.29, 1.82) is 0 Å². The number of nitrogens with two attached hydrogens (primary N) is 1. The summed E-state index contributed by atoms with van der Waals surface area (Å²) in [5.41, 5.74) is 5.83. The predicted molar refractivity (Wildman–Crippen MR) is 187 cm³/mol. The minimum atomic E-state index is -1.64. The fourth-order valence-corrected chi connectivity index (χ4v) is 6.33. The predicted octanol–water partition coefficient (Wildman–Crippen LogP) is -0.832. The van der Waals surface area contributed by atoms with Gasteiger partial charge in [-0.25, -0.2) is 4.79 Å². The monoisotopic (exact) mass is 751 g/mol. The number of allylic oxidation sites excluding steroid dienone is 4. The van der Waals surface area contributed by atoms with Crippen LogP contribution in [0.1, 0.15) is 40.5 Å². The van der Waals surface area contributed by atoms with E-state index in [4.69, 9.17) is 29.4 Å². The average molecular weight is 752 g/mol. The molecule has 11 atom stereocenters. The van der Waals surface area contributed by atoms with Crippen LogP contribution < -0.4 is 16.4 Å². The molecule has 17 nitrogen and oxygen atoms in total. The lowest BCUT2D eigenvalue weighted by Crippen LogP contribution is -2.59. The van der Waals surface area contributed by atoms with Crippen LogP contribution in [0.15, 0.2) is 58.5 Å². The number of amides is 2. The summed E-state index contributed by atoms with van der Waals surface area (Å²) in [6.07, 6.45) is -4.54. The van der Waals surface area contributed by atoms with Gasteiger partial charge in [0, 0.05) is 43.9 Å². The Hall–Kier alpha value is -3.78. The average Bonchev–Trinajstić information content (AvgIpc) is 3.11. The van der Waals surface area contributed by atoms with Crippen molar-refractivity contribution < 1.29 is 68.4 Å². The lowest BCUT2D eigenvalue weighted by Gasteiger charge is -2.39. The second-order valence-corrected chi connectivity index (χ2v) is 13.4. The molecular formula is C36H53N3O14. The third kappa shape index (κ3) is 11.4. The lowest BCUT2D eigenvalue weighted by molar-refractivity contribution is -0.300. The summed E-state index contributed by atoms with van der Waals surface area (Å²) < 4.78 is 27.5. The van der Waals surface area contributed by atoms with Crippen molar-refractivity contribution in [3.63, 3.8) is 0 Å². The van der Waals surface area contributed by atoms with E-state index in [1.165, 1.54) is 33.3 Å². The van der Waals surface area contributed by atoms with Crippen LogP contribution in [0.5, 0.6) is 0 Å². The highest BCUT2D eigenvalue weighted by atomic mass is 16.7. The number of ether oxygens (including phenoxy) is 5. The van der Waals surface area contributed by atoms with Crippen molar-refractivity contribution in [2.24, 2.45) is 17.6 Å². The zero-order valence-corrected chi connectivity index (χ0v) is 30.8. The van der Waals surface area contributed by atoms with Crippen molar-refractivity contribution in [2.75, 3.05) is 34.0 Å². The van der Waals surface area contributed by atoms with E-state index >= 15 is 0 Å². The van der Waals surface area contributed by atoms with E-state index in [1.807, 2.05) is 6.92 Å². The number of Topliss-reactive ketones (excluding diaryl/α,β-unsaturated/α-hetero) is 1. The van der Waals surface area contributed by atoms with Crippen LogP contribution in [0.3, 0.4) is 0 Å². The van der Waals surface area contributed by atoms with Crippen LogP contribution in [0.25, 0.3) is 0 Å². The molecule has 0 radical (unpaired) electrons. The van der Waals surface area contributed by atoms with Crippen molar-refractivity contribution in [2.45, 2.75) is 95.7 Å². The first-order chi connectivity index (χ1) is 25.0. The Morgan fingerprint density at radius 2 is 1.74 bits per heavy atom. The van der Waals surface area contributed by atoms with E-state index in [0.29, 0.717) is 5.57 Å². The van der Waals surface area contributed by atoms with Gasteiger partial charge in [-0.1, -0.05) is 38.2 Å². The molecule has 53 heavy (non-hydrogen) atoms. The summed E-state index contributed by atoms with van der Waals surface area (Å²) in [6.45, 7) is 5.86. The van der Waals surface area contributed by atoms with E-state index in [0.717, 1.165) is 6.08 Å². The Morgan fingerprint density at radius 3 is 2.36 bits per heavy atom. The van der Waals surface area contributed by atoms with Gasteiger partial charge in [-0.3, -0.25) is 14.4 Å². The quantitative estimate of drug-likeness (QED) is 0.0812. The number of carbonyl (C=O) groups excluding carboxylic acids is 4. The Labute approximate surface area is 308 Å². The molecule has 2 aliphatic heterocycles. The van der Waals surface area contributed by atoms with Gasteiger partial charge in [0.1, 0.15) is 30.5 Å². The van der Waals surface area contributed by atoms with Crippen molar-refractivity contribution >= 4 is 23.6 Å². The van der Waals surface area contributed by atoms with Crippen LogP contribution >= 0.6 is 0 Å². The fraction of sp³-hybridized carbons (Fsp3) is 0.611. The highest BCUT2D eigenvalue weighted by Gasteiger charge is 2.44. The number of hydrogen-bond donors (Lipinski definition) is 8. The number of methoxy groups -OCH3 is 2. The third-order valence-corrected chi connectivity index (χ3v) is 9.33. The zero-order valence-electron chi connectivity index (χ0n) is 30.8. The number of rotatable bonds is 9. The molecule has 0 saturated carbocycles. The highest BCUT2D eigenvalue weighted by Crippen LogP contribution is 2.29. The summed E-state index contributed by atoms with van der Waals surface area (Å²) >= 11 is 0. The van der Waals surface area contributed by atoms with Gasteiger partial charge >= 0.3 is 6.09 Å². The highest BCUT2D eigenvalue weighted by molar-refractivity contribution is 6.23. The molecule has 296 valence electrons. The van der Waals surface area contributed by atoms with Crippen molar-refractivity contribution in [1.82, 2.24) is 10.6 Å². The van der Waals surface area contributed by atoms with E-state index < -0.39 is 91.2 Å². The first-order valence-corrected chi connectivity index (χ1v) is 17.3. The Morgan fingerprint density at radius 1 is 1.04 bits per heavy atom. The normalized spacial score (nSPS) is 36.4. The molecule has 0 unspecified atom stereocenters. The first-order valence-electron chi connectivity index (χ1n) is 17.3. The van der Waals surface area contributed by atoms with Gasteiger partial charge in [-0.05, 0) is 38.2 Å². The van der Waals surface area contributed by atoms with Gasteiger partial charge in [0.15, 0.2) is 12.4 Å². The zero-order chi connectivity index (χ0) is 39.6. The molecular weight excluding hydrogens is 698 g/mol. The smallest absolute Gasteiger partial charge is 0.405 e. The summed E-state index contributed by atoms with van der Waals surface area (Å²) in [4.78, 5) is 52.4. The molecule has 3 aliphatic rings. The molecule has 0 aromatic carbocycles. The second kappa shape index (κ2) is 20.1. The third-order valence-electron chi connectivity index (χ3n) is 9.33. The minimum absolute atomic E-state index is 0.0329. The van der Waals surface area contributed by atoms with Gasteiger partial charge in [-0.15, -0.1) is 0 Å². The van der Waals surface area contributed by atoms with Crippen molar-refractivity contribution in [3.05, 3.63) is 58.5 Å². The molecule has 1 fully saturated rings. The summed E-state index contributed by atoms with van der Waals surface area (Å²) in [7, 11) is 2.84. The van der Waals surface area contributed by atoms with Crippen LogP contribution in [-0.2, 0) is 38.1 Å². The molecule has 9 N–H and O–H groups in total. The first kappa shape index (κ1) is 43.6. The second-order valence-electron chi connectivity index (χ2n) is 13.4. The molecule has 17 heteroatoms. The van der Waals surface area contributed by atoms with E-state index in [1.54, 1.807) is 26.0 Å². The molecule has 1 saturated heterocycles. The topological polar surface area (TPSA) is 266 Å². The number of fused-ring (bicyclic) bond motifs is 2. The number of hydrogen-bond acceptors (Lipinski definition) is 15. The maximum absolute atomic E-state index is 13.9. The molecule has 0 aromatic heterocycles. The van der Waals surface area contributed by atoms with E-state index in [-0.39, 0.29) is 54.5 Å². The number of ketones is 2. The minimum Gasteiger partial charge on any atom is -0.439 e. The number of aliphatic hydroxyl groups excluding tert-OH is 5. The van der Waals surface area contributed by atoms with Gasteiger partial charge in [0.05, 0.1) is 36.8 Å². The fourth-order valence-electron chi connectivity index (χ4n) is 6.33. The van der Waals surface area contributed by atoms with Gasteiger partial charge in [0.2, 0.25) is 11.6 Å². The number of carbonyl (C=O) groups is 4. The standard InChI is InChI=1S/C36H53N3O14/c1-17-12-21-27(38-10-11-51-35-32(46)31(45)30(44)26(16-40)52-35)23(41)15-22(29(21)43)39-34(47)18(2)8-7-9-24(49-5)33(53-36(37)48)20(4)14-19(3)28(42)25(13-17)50-6/h7-9,14-15,17,19,24-26,28,30-33,35,38,40,42,44-46H,10-13,16H2,1-6H3,(H2,37,48)(H,39,47)/b9-7+,18-8-,20-14+/t17-,19+,24+,25+,26-,28-,30-,31+,32-,33+,35-/m1/s1. The Bertz CT molecular complexity index is 1490. The maximum Gasteiger partial charge on any atom is 0.405 e. The lowest BCUT2D eigenvalue weighted by atomic mass is 9.85. The Balaban J connectivity index is 1.94. The Kier molecular flexibility index (Phi) is 16.5. The van der Waals surface area contributed by atoms with E-state index in [9.17, 15) is 44.7 Å². The number of nitrogens with one attached hydrogen (secondary N) is 2. The van der Waals surface area contributed by atoms with Gasteiger partial charge in [-0.2, -0.15) is 0 Å². The summed E-state index contributed by atoms with van der Waals surface area (Å²) in [6, 6.07) is 0. The van der Waals surface area contributed by atoms with Gasteiger partial charge in [0.25, 0.3) is 5.91 Å². The SMILES string of the molecule is CO[C@H]1/C=C/C=C(/C)C(=O)NC2=CC(=O)C(NCCO[C@@H]3O[C@H](CO)[C@@H](O)[C@H](O)[C@H]3O)=C(C[C@@H](C)C[C@H](OC)[C@H](O)[C@@H](C)/C=C(\C)[C@@H]1OC(N)=O)C2=O. The summed E-state index contributed by atoms with van der Waals surface area (Å²) in [5, 5.41) is 56.6. The van der Waals surface area contributed by atoms with Crippen LogP contribution in [0.4, 0.5) is 4.79 Å². The van der Waals surface area contributed by atoms with Crippen LogP contribution in [0.2, 0.25) is 0 Å².